The first-order valence-corrected chi connectivity index (χ1v) is 6.73. The van der Waals surface area contributed by atoms with Crippen molar-refractivity contribution in [3.8, 4) is 0 Å². The van der Waals surface area contributed by atoms with Crippen molar-refractivity contribution in [2.75, 3.05) is 5.32 Å². The maximum absolute atomic E-state index is 11.9. The van der Waals surface area contributed by atoms with E-state index in [4.69, 9.17) is 11.6 Å². The van der Waals surface area contributed by atoms with Crippen molar-refractivity contribution in [3.05, 3.63) is 38.4 Å². The van der Waals surface area contributed by atoms with Crippen LogP contribution in [-0.4, -0.2) is 21.1 Å². The lowest BCUT2D eigenvalue weighted by Gasteiger charge is -2.05. The molecule has 5 nitrogen and oxygen atoms in total. The second-order valence-corrected chi connectivity index (χ2v) is 5.19. The lowest BCUT2D eigenvalue weighted by molar-refractivity contribution is 0.101. The van der Waals surface area contributed by atoms with Gasteiger partial charge in [-0.05, 0) is 40.8 Å². The molecule has 0 saturated carbocycles. The molecule has 2 aromatic rings. The summed E-state index contributed by atoms with van der Waals surface area (Å²) in [7, 11) is 0. The van der Waals surface area contributed by atoms with Gasteiger partial charge in [-0.2, -0.15) is 0 Å². The van der Waals surface area contributed by atoms with Gasteiger partial charge in [0.1, 0.15) is 5.82 Å². The topological polar surface area (TPSA) is 70.7 Å². The molecular weight excluding hydrogens is 367 g/mol. The van der Waals surface area contributed by atoms with Crippen LogP contribution in [0.3, 0.4) is 0 Å². The molecule has 2 N–H and O–H groups in total. The number of H-pyrrole nitrogens is 1. The molecule has 0 radical (unpaired) electrons. The van der Waals surface area contributed by atoms with Crippen molar-refractivity contribution in [3.63, 3.8) is 0 Å². The van der Waals surface area contributed by atoms with Crippen LogP contribution in [0.15, 0.2) is 18.2 Å². The van der Waals surface area contributed by atoms with E-state index in [1.807, 2.05) is 13.0 Å². The summed E-state index contributed by atoms with van der Waals surface area (Å²) in [6, 6.07) is 5.38. The molecule has 0 bridgehead atoms. The predicted molar refractivity (Wildman–Crippen MR) is 77.9 cm³/mol. The molecule has 1 aromatic heterocycles. The van der Waals surface area contributed by atoms with Crippen LogP contribution in [0.5, 0.6) is 0 Å². The van der Waals surface area contributed by atoms with Crippen LogP contribution < -0.4 is 5.32 Å². The first-order valence-electron chi connectivity index (χ1n) is 5.28. The minimum Gasteiger partial charge on any atom is -0.318 e. The zero-order valence-electron chi connectivity index (χ0n) is 9.50. The number of anilines is 1. The molecule has 0 fully saturated rings. The van der Waals surface area contributed by atoms with Crippen LogP contribution in [0.2, 0.25) is 5.02 Å². The summed E-state index contributed by atoms with van der Waals surface area (Å²) in [5.74, 6) is 0.408. The van der Waals surface area contributed by atoms with E-state index in [-0.39, 0.29) is 11.7 Å². The zero-order chi connectivity index (χ0) is 13.1. The largest absolute Gasteiger partial charge is 0.318 e. The average molecular weight is 377 g/mol. The lowest BCUT2D eigenvalue weighted by atomic mass is 10.3. The van der Waals surface area contributed by atoms with Crippen molar-refractivity contribution in [1.29, 1.82) is 0 Å². The fourth-order valence-corrected chi connectivity index (χ4v) is 1.98. The van der Waals surface area contributed by atoms with Crippen LogP contribution in [-0.2, 0) is 6.42 Å². The normalized spacial score (nSPS) is 10.4. The summed E-state index contributed by atoms with van der Waals surface area (Å²) < 4.78 is 0.983. The average Bonchev–Trinajstić information content (AvgIpc) is 2.82. The molecule has 94 valence electrons. The van der Waals surface area contributed by atoms with Gasteiger partial charge in [0.2, 0.25) is 5.82 Å². The maximum Gasteiger partial charge on any atom is 0.295 e. The minimum atomic E-state index is -0.380. The van der Waals surface area contributed by atoms with Crippen molar-refractivity contribution < 1.29 is 4.79 Å². The van der Waals surface area contributed by atoms with Crippen molar-refractivity contribution in [2.24, 2.45) is 0 Å². The van der Waals surface area contributed by atoms with E-state index in [0.717, 1.165) is 3.57 Å². The molecule has 0 saturated heterocycles. The second-order valence-electron chi connectivity index (χ2n) is 3.54. The minimum absolute atomic E-state index is 0.113. The summed E-state index contributed by atoms with van der Waals surface area (Å²) in [5, 5.41) is 9.70. The number of amides is 1. The Labute approximate surface area is 122 Å². The van der Waals surface area contributed by atoms with Gasteiger partial charge in [0, 0.05) is 9.99 Å². The van der Waals surface area contributed by atoms with Crippen LogP contribution in [0, 0.1) is 3.57 Å². The first kappa shape index (κ1) is 13.3. The van der Waals surface area contributed by atoms with Crippen LogP contribution in [0.25, 0.3) is 0 Å². The third-order valence-electron chi connectivity index (χ3n) is 2.25. The maximum atomic E-state index is 11.9. The molecule has 0 unspecified atom stereocenters. The fraction of sp³-hybridized carbons (Fsp3) is 0.182. The quantitative estimate of drug-likeness (QED) is 0.809. The summed E-state index contributed by atoms with van der Waals surface area (Å²) in [5.41, 5.74) is 0.552. The fourth-order valence-electron chi connectivity index (χ4n) is 1.33. The monoisotopic (exact) mass is 376 g/mol. The van der Waals surface area contributed by atoms with Gasteiger partial charge >= 0.3 is 0 Å². The number of hydrogen-bond donors (Lipinski definition) is 2. The molecule has 2 rings (SSSR count). The Morgan fingerprint density at radius 2 is 2.33 bits per heavy atom. The predicted octanol–water partition coefficient (Wildman–Crippen LogP) is 2.88. The Kier molecular flexibility index (Phi) is 4.18. The number of aromatic amines is 1. The standard InChI is InChI=1S/C11H10ClIN4O/c1-2-9-15-10(17-16-9)11(18)14-8-5-6(13)3-4-7(8)12/h3-5H,2H2,1H3,(H,14,18)(H,15,16,17). The summed E-state index contributed by atoms with van der Waals surface area (Å²) in [6.45, 7) is 1.93. The summed E-state index contributed by atoms with van der Waals surface area (Å²) >= 11 is 8.14. The second kappa shape index (κ2) is 5.66. The molecule has 0 aliphatic carbocycles. The summed E-state index contributed by atoms with van der Waals surface area (Å²) in [4.78, 5) is 15.9. The number of halogens is 2. The van der Waals surface area contributed by atoms with Crippen LogP contribution in [0.1, 0.15) is 23.4 Å². The highest BCUT2D eigenvalue weighted by molar-refractivity contribution is 14.1. The smallest absolute Gasteiger partial charge is 0.295 e. The highest BCUT2D eigenvalue weighted by Gasteiger charge is 2.13. The molecule has 18 heavy (non-hydrogen) atoms. The number of aryl methyl sites for hydroxylation is 1. The number of nitrogens with zero attached hydrogens (tertiary/aromatic N) is 2. The van der Waals surface area contributed by atoms with Crippen molar-refractivity contribution in [1.82, 2.24) is 15.2 Å². The third kappa shape index (κ3) is 2.99. The Balaban J connectivity index is 2.18. The molecule has 1 aromatic carbocycles. The van der Waals surface area contributed by atoms with E-state index < -0.39 is 0 Å². The molecule has 0 aliphatic heterocycles. The highest BCUT2D eigenvalue weighted by Crippen LogP contribution is 2.24. The first-order chi connectivity index (χ1) is 8.60. The van der Waals surface area contributed by atoms with E-state index >= 15 is 0 Å². The van der Waals surface area contributed by atoms with Gasteiger partial charge in [0.15, 0.2) is 0 Å². The molecular formula is C11H10ClIN4O. The van der Waals surface area contributed by atoms with Gasteiger partial charge in [0.25, 0.3) is 5.91 Å². The van der Waals surface area contributed by atoms with Crippen LogP contribution >= 0.6 is 34.2 Å². The Morgan fingerprint density at radius 3 is 3.00 bits per heavy atom. The lowest BCUT2D eigenvalue weighted by Crippen LogP contribution is -2.14. The van der Waals surface area contributed by atoms with Gasteiger partial charge in [-0.1, -0.05) is 18.5 Å². The van der Waals surface area contributed by atoms with Crippen molar-refractivity contribution >= 4 is 45.8 Å². The molecule has 7 heteroatoms. The van der Waals surface area contributed by atoms with Crippen molar-refractivity contribution in [2.45, 2.75) is 13.3 Å². The summed E-state index contributed by atoms with van der Waals surface area (Å²) in [6.07, 6.45) is 0.699. The SMILES string of the molecule is CCc1nc(C(=O)Nc2cc(I)ccc2Cl)n[nH]1. The molecule has 0 aliphatic rings. The molecule has 1 heterocycles. The van der Waals surface area contributed by atoms with Gasteiger partial charge in [0.05, 0.1) is 10.7 Å². The number of benzene rings is 1. The Bertz CT molecular complexity index is 584. The number of carbonyl (C=O) groups is 1. The number of nitrogens with one attached hydrogen (secondary N) is 2. The van der Waals surface area contributed by atoms with Gasteiger partial charge in [-0.15, -0.1) is 5.10 Å². The molecule has 1 amide bonds. The highest BCUT2D eigenvalue weighted by atomic mass is 127. The third-order valence-corrected chi connectivity index (χ3v) is 3.25. The van der Waals surface area contributed by atoms with Gasteiger partial charge in [-0.3, -0.25) is 9.89 Å². The van der Waals surface area contributed by atoms with E-state index in [0.29, 0.717) is 23.0 Å². The Hall–Kier alpha value is -1.15. The number of hydrogen-bond acceptors (Lipinski definition) is 3. The van der Waals surface area contributed by atoms with E-state index in [1.54, 1.807) is 12.1 Å². The number of rotatable bonds is 3. The molecule has 0 spiro atoms. The number of carbonyl (C=O) groups excluding carboxylic acids is 1. The van der Waals surface area contributed by atoms with Gasteiger partial charge in [-0.25, -0.2) is 4.98 Å². The van der Waals surface area contributed by atoms with E-state index in [2.05, 4.69) is 43.1 Å². The molecule has 0 atom stereocenters. The number of aromatic nitrogens is 3. The van der Waals surface area contributed by atoms with E-state index in [1.165, 1.54) is 0 Å². The Morgan fingerprint density at radius 1 is 1.56 bits per heavy atom. The van der Waals surface area contributed by atoms with Crippen LogP contribution in [0.4, 0.5) is 5.69 Å². The van der Waals surface area contributed by atoms with E-state index in [9.17, 15) is 4.79 Å². The zero-order valence-corrected chi connectivity index (χ0v) is 12.4. The van der Waals surface area contributed by atoms with Gasteiger partial charge < -0.3 is 5.32 Å².